The molecule has 2 aromatic rings. The molecule has 2 saturated heterocycles. The normalized spacial score (nSPS) is 18.3. The molecule has 2 fully saturated rings. The summed E-state index contributed by atoms with van der Waals surface area (Å²) in [5, 5.41) is 21.8. The van der Waals surface area contributed by atoms with Crippen LogP contribution < -0.4 is 5.32 Å². The van der Waals surface area contributed by atoms with E-state index in [1.807, 2.05) is 37.2 Å². The Morgan fingerprint density at radius 3 is 2.08 bits per heavy atom. The van der Waals surface area contributed by atoms with Gasteiger partial charge in [0.2, 0.25) is 5.95 Å². The highest BCUT2D eigenvalue weighted by Gasteiger charge is 2.52. The van der Waals surface area contributed by atoms with Crippen molar-refractivity contribution in [3.8, 4) is 0 Å². The van der Waals surface area contributed by atoms with Crippen molar-refractivity contribution in [1.29, 1.82) is 0 Å². The summed E-state index contributed by atoms with van der Waals surface area (Å²) in [4.78, 5) is 28.9. The Labute approximate surface area is 218 Å². The number of aliphatic carboxylic acids is 2. The fraction of sp³-hybridized carbons (Fsp3) is 0.591. The van der Waals surface area contributed by atoms with Gasteiger partial charge in [0.15, 0.2) is 0 Å². The van der Waals surface area contributed by atoms with E-state index in [1.165, 1.54) is 5.56 Å². The molecule has 2 aromatic heterocycles. The molecular formula is C22H28F6N6O5. The van der Waals surface area contributed by atoms with Crippen molar-refractivity contribution >= 4 is 17.9 Å². The minimum Gasteiger partial charge on any atom is -0.475 e. The zero-order valence-electron chi connectivity index (χ0n) is 21.0. The third-order valence-electron chi connectivity index (χ3n) is 5.79. The average Bonchev–Trinajstić information content (AvgIpc) is 3.41. The Kier molecular flexibility index (Phi) is 10.6. The Bertz CT molecular complexity index is 1060. The number of carboxylic acid groups (broad SMARTS) is 2. The molecule has 17 heteroatoms. The SMILES string of the molecule is Cc1cnc(NCCC2CCOC23CN(Cc2cnn(C)c2)C3)nc1.O=C(O)C(F)(F)F.O=C(O)C(F)(F)F. The van der Waals surface area contributed by atoms with Crippen LogP contribution >= 0.6 is 0 Å². The molecule has 2 aliphatic heterocycles. The lowest BCUT2D eigenvalue weighted by Gasteiger charge is -2.50. The third-order valence-corrected chi connectivity index (χ3v) is 5.79. The molecule has 2 aliphatic rings. The van der Waals surface area contributed by atoms with Gasteiger partial charge in [-0.1, -0.05) is 0 Å². The third kappa shape index (κ3) is 9.97. The second-order valence-corrected chi connectivity index (χ2v) is 8.97. The number of aryl methyl sites for hydroxylation is 2. The van der Waals surface area contributed by atoms with Crippen LogP contribution in [0.1, 0.15) is 24.0 Å². The maximum atomic E-state index is 10.6. The van der Waals surface area contributed by atoms with Crippen LogP contribution in [0.3, 0.4) is 0 Å². The van der Waals surface area contributed by atoms with Crippen molar-refractivity contribution in [2.45, 2.75) is 44.3 Å². The van der Waals surface area contributed by atoms with Gasteiger partial charge in [-0.05, 0) is 31.2 Å². The Morgan fingerprint density at radius 2 is 1.62 bits per heavy atom. The number of ether oxygens (including phenoxy) is 1. The minimum absolute atomic E-state index is 0.0536. The van der Waals surface area contributed by atoms with Gasteiger partial charge in [-0.2, -0.15) is 31.4 Å². The number of anilines is 1. The summed E-state index contributed by atoms with van der Waals surface area (Å²) in [6, 6.07) is 0. The van der Waals surface area contributed by atoms with Crippen LogP contribution in [0.5, 0.6) is 0 Å². The molecule has 39 heavy (non-hydrogen) atoms. The summed E-state index contributed by atoms with van der Waals surface area (Å²) >= 11 is 0. The molecule has 0 saturated carbocycles. The summed E-state index contributed by atoms with van der Waals surface area (Å²) < 4.78 is 71.5. The summed E-state index contributed by atoms with van der Waals surface area (Å²) in [6.07, 6.45) is -0.197. The lowest BCUT2D eigenvalue weighted by Crippen LogP contribution is -2.64. The molecule has 218 valence electrons. The number of rotatable bonds is 6. The lowest BCUT2D eigenvalue weighted by molar-refractivity contribution is -0.193. The quantitative estimate of drug-likeness (QED) is 0.444. The van der Waals surface area contributed by atoms with E-state index in [1.54, 1.807) is 0 Å². The van der Waals surface area contributed by atoms with Crippen LogP contribution in [0.4, 0.5) is 32.3 Å². The number of aromatic nitrogens is 4. The van der Waals surface area contributed by atoms with Gasteiger partial charge in [0.25, 0.3) is 0 Å². The lowest BCUT2D eigenvalue weighted by atomic mass is 9.79. The Hall–Kier alpha value is -3.47. The average molecular weight is 570 g/mol. The molecule has 1 spiro atoms. The molecule has 1 unspecified atom stereocenters. The first-order chi connectivity index (χ1) is 18.0. The van der Waals surface area contributed by atoms with Crippen molar-refractivity contribution in [1.82, 2.24) is 24.6 Å². The smallest absolute Gasteiger partial charge is 0.475 e. The summed E-state index contributed by atoms with van der Waals surface area (Å²) in [5.74, 6) is -4.19. The molecule has 1 atom stereocenters. The van der Waals surface area contributed by atoms with E-state index in [4.69, 9.17) is 24.5 Å². The summed E-state index contributed by atoms with van der Waals surface area (Å²) in [6.45, 7) is 6.77. The van der Waals surface area contributed by atoms with Crippen molar-refractivity contribution in [3.63, 3.8) is 0 Å². The number of alkyl halides is 6. The first kappa shape index (κ1) is 31.7. The number of nitrogens with one attached hydrogen (secondary N) is 1. The molecule has 4 rings (SSSR count). The van der Waals surface area contributed by atoms with Gasteiger partial charge in [0, 0.05) is 64.0 Å². The van der Waals surface area contributed by atoms with Crippen molar-refractivity contribution in [2.75, 3.05) is 31.6 Å². The standard InChI is InChI=1S/C18H26N6O.2C2HF3O2/c1-14-7-20-17(21-8-14)19-5-3-16-4-6-25-18(16)12-24(13-18)11-15-9-22-23(2)10-15;2*3-2(4,5)1(6)7/h7-10,16H,3-6,11-13H2,1-2H3,(H,19,20,21);2*(H,6,7). The first-order valence-corrected chi connectivity index (χ1v) is 11.5. The number of hydrogen-bond donors (Lipinski definition) is 3. The second kappa shape index (κ2) is 13.1. The number of likely N-dealkylation sites (tertiary alicyclic amines) is 1. The van der Waals surface area contributed by atoms with E-state index in [2.05, 4.69) is 31.5 Å². The maximum Gasteiger partial charge on any atom is 0.490 e. The molecule has 4 heterocycles. The van der Waals surface area contributed by atoms with Gasteiger partial charge >= 0.3 is 24.3 Å². The van der Waals surface area contributed by atoms with Crippen LogP contribution in [0.2, 0.25) is 0 Å². The number of carbonyl (C=O) groups is 2. The van der Waals surface area contributed by atoms with E-state index >= 15 is 0 Å². The zero-order valence-corrected chi connectivity index (χ0v) is 21.0. The van der Waals surface area contributed by atoms with Gasteiger partial charge in [-0.15, -0.1) is 0 Å². The molecular weight excluding hydrogens is 542 g/mol. The second-order valence-electron chi connectivity index (χ2n) is 8.97. The monoisotopic (exact) mass is 570 g/mol. The zero-order chi connectivity index (χ0) is 29.4. The van der Waals surface area contributed by atoms with E-state index in [-0.39, 0.29) is 5.60 Å². The molecule has 0 aliphatic carbocycles. The van der Waals surface area contributed by atoms with Gasteiger partial charge in [0.1, 0.15) is 0 Å². The minimum atomic E-state index is -5.08. The Balaban J connectivity index is 0.000000317. The fourth-order valence-electron chi connectivity index (χ4n) is 4.02. The largest absolute Gasteiger partial charge is 0.490 e. The Morgan fingerprint density at radius 1 is 1.08 bits per heavy atom. The van der Waals surface area contributed by atoms with Crippen molar-refractivity contribution in [2.24, 2.45) is 13.0 Å². The van der Waals surface area contributed by atoms with Crippen LogP contribution in [-0.4, -0.2) is 91.0 Å². The first-order valence-electron chi connectivity index (χ1n) is 11.5. The highest BCUT2D eigenvalue weighted by molar-refractivity contribution is 5.73. The predicted octanol–water partition coefficient (Wildman–Crippen LogP) is 2.88. The molecule has 0 aromatic carbocycles. The predicted molar refractivity (Wildman–Crippen MR) is 123 cm³/mol. The van der Waals surface area contributed by atoms with Gasteiger partial charge in [0.05, 0.1) is 11.8 Å². The summed E-state index contributed by atoms with van der Waals surface area (Å²) in [7, 11) is 1.96. The van der Waals surface area contributed by atoms with E-state index in [0.29, 0.717) is 11.9 Å². The van der Waals surface area contributed by atoms with Crippen LogP contribution in [0, 0.1) is 12.8 Å². The summed E-state index contributed by atoms with van der Waals surface area (Å²) in [5.41, 5.74) is 2.40. The van der Waals surface area contributed by atoms with Crippen molar-refractivity contribution < 1.29 is 50.9 Å². The molecule has 0 amide bonds. The number of carboxylic acids is 2. The van der Waals surface area contributed by atoms with Gasteiger partial charge in [-0.3, -0.25) is 9.58 Å². The highest BCUT2D eigenvalue weighted by atomic mass is 19.4. The molecule has 11 nitrogen and oxygen atoms in total. The number of halogens is 6. The topological polar surface area (TPSA) is 143 Å². The van der Waals surface area contributed by atoms with Gasteiger partial charge in [-0.25, -0.2) is 19.6 Å². The molecule has 0 bridgehead atoms. The molecule has 3 N–H and O–H groups in total. The number of hydrogen-bond acceptors (Lipinski definition) is 8. The van der Waals surface area contributed by atoms with Crippen LogP contribution in [0.15, 0.2) is 24.8 Å². The highest BCUT2D eigenvalue weighted by Crippen LogP contribution is 2.42. The van der Waals surface area contributed by atoms with E-state index < -0.39 is 24.3 Å². The molecule has 0 radical (unpaired) electrons. The fourth-order valence-corrected chi connectivity index (χ4v) is 4.02. The maximum absolute atomic E-state index is 10.6. The van der Waals surface area contributed by atoms with Crippen LogP contribution in [0.25, 0.3) is 0 Å². The van der Waals surface area contributed by atoms with E-state index in [9.17, 15) is 26.3 Å². The van der Waals surface area contributed by atoms with E-state index in [0.717, 1.165) is 51.2 Å². The van der Waals surface area contributed by atoms with Gasteiger partial charge < -0.3 is 20.3 Å². The van der Waals surface area contributed by atoms with Crippen molar-refractivity contribution in [3.05, 3.63) is 35.9 Å². The van der Waals surface area contributed by atoms with Crippen LogP contribution in [-0.2, 0) is 27.9 Å². The number of nitrogens with zero attached hydrogens (tertiary/aromatic N) is 5.